The highest BCUT2D eigenvalue weighted by atomic mass is 19.1. The Balaban J connectivity index is 1.73. The van der Waals surface area contributed by atoms with Crippen molar-refractivity contribution in [1.29, 1.82) is 0 Å². The smallest absolute Gasteiger partial charge is 0.323 e. The summed E-state index contributed by atoms with van der Waals surface area (Å²) in [6.45, 7) is -0.0826. The first-order valence-electron chi connectivity index (χ1n) is 9.03. The molecule has 0 saturated heterocycles. The minimum atomic E-state index is -1.09. The molecule has 148 valence electrons. The molecule has 0 fully saturated rings. The van der Waals surface area contributed by atoms with E-state index < -0.39 is 18.4 Å². The molecule has 0 bridgehead atoms. The molecule has 3 aromatic carbocycles. The number of carboxylic acid groups (broad SMARTS) is 1. The van der Waals surface area contributed by atoms with E-state index in [1.54, 1.807) is 36.4 Å². The van der Waals surface area contributed by atoms with E-state index in [0.29, 0.717) is 16.9 Å². The number of hydrogen-bond donors (Lipinski definition) is 1. The Kier molecular flexibility index (Phi) is 6.58. The fourth-order valence-electron chi connectivity index (χ4n) is 2.86. The maximum absolute atomic E-state index is 13.3. The predicted octanol–water partition coefficient (Wildman–Crippen LogP) is 4.13. The summed E-state index contributed by atoms with van der Waals surface area (Å²) in [5.41, 5.74) is 1.82. The largest absolute Gasteiger partial charge is 0.489 e. The lowest BCUT2D eigenvalue weighted by Crippen LogP contribution is -2.35. The maximum Gasteiger partial charge on any atom is 0.323 e. The number of amides is 1. The van der Waals surface area contributed by atoms with Gasteiger partial charge in [0.25, 0.3) is 5.91 Å². The number of aliphatic carboxylic acids is 1. The minimum absolute atomic E-state index is 0.151. The van der Waals surface area contributed by atoms with Crippen molar-refractivity contribution in [3.8, 4) is 5.75 Å². The summed E-state index contributed by atoms with van der Waals surface area (Å²) in [5, 5.41) is 9.20. The van der Waals surface area contributed by atoms with Gasteiger partial charge in [-0.05, 0) is 41.5 Å². The van der Waals surface area contributed by atoms with Gasteiger partial charge in [0.15, 0.2) is 0 Å². The first-order valence-corrected chi connectivity index (χ1v) is 9.03. The predicted molar refractivity (Wildman–Crippen MR) is 106 cm³/mol. The molecule has 5 nitrogen and oxygen atoms in total. The minimum Gasteiger partial charge on any atom is -0.489 e. The summed E-state index contributed by atoms with van der Waals surface area (Å²) in [7, 11) is 0. The molecule has 1 N–H and O–H groups in total. The van der Waals surface area contributed by atoms with Gasteiger partial charge in [0, 0.05) is 12.1 Å². The number of hydrogen-bond acceptors (Lipinski definition) is 3. The van der Waals surface area contributed by atoms with E-state index in [-0.39, 0.29) is 19.0 Å². The number of rotatable bonds is 8. The van der Waals surface area contributed by atoms with Crippen LogP contribution in [0.15, 0.2) is 78.9 Å². The lowest BCUT2D eigenvalue weighted by Gasteiger charge is -2.21. The van der Waals surface area contributed by atoms with E-state index in [9.17, 15) is 19.1 Å². The summed E-state index contributed by atoms with van der Waals surface area (Å²) in [4.78, 5) is 25.4. The molecule has 0 aliphatic heterocycles. The highest BCUT2D eigenvalue weighted by molar-refractivity contribution is 5.96. The van der Waals surface area contributed by atoms with E-state index >= 15 is 0 Å². The second kappa shape index (κ2) is 9.50. The average Bonchev–Trinajstić information content (AvgIpc) is 2.72. The van der Waals surface area contributed by atoms with Crippen LogP contribution in [0.1, 0.15) is 21.5 Å². The van der Waals surface area contributed by atoms with Crippen molar-refractivity contribution >= 4 is 11.9 Å². The molecule has 0 aromatic heterocycles. The molecule has 0 heterocycles. The van der Waals surface area contributed by atoms with Crippen LogP contribution in [0.25, 0.3) is 0 Å². The van der Waals surface area contributed by atoms with Crippen LogP contribution in [0.2, 0.25) is 0 Å². The van der Waals surface area contributed by atoms with Crippen molar-refractivity contribution in [2.45, 2.75) is 13.2 Å². The number of benzene rings is 3. The summed E-state index contributed by atoms with van der Waals surface area (Å²) in [5.74, 6) is -1.41. The molecule has 0 radical (unpaired) electrons. The van der Waals surface area contributed by atoms with Crippen molar-refractivity contribution < 1.29 is 23.8 Å². The Bertz CT molecular complexity index is 991. The third-order valence-electron chi connectivity index (χ3n) is 4.21. The second-order valence-electron chi connectivity index (χ2n) is 6.49. The summed E-state index contributed by atoms with van der Waals surface area (Å²) in [6, 6.07) is 21.8. The molecule has 3 aromatic rings. The van der Waals surface area contributed by atoms with Gasteiger partial charge < -0.3 is 14.7 Å². The van der Waals surface area contributed by atoms with Gasteiger partial charge in [-0.3, -0.25) is 9.59 Å². The van der Waals surface area contributed by atoms with Crippen molar-refractivity contribution in [2.24, 2.45) is 0 Å². The fourth-order valence-corrected chi connectivity index (χ4v) is 2.86. The van der Waals surface area contributed by atoms with Gasteiger partial charge in [-0.2, -0.15) is 0 Å². The molecule has 3 rings (SSSR count). The van der Waals surface area contributed by atoms with Crippen LogP contribution in [0.3, 0.4) is 0 Å². The SMILES string of the molecule is O=C(O)CN(Cc1ccccc1)C(=O)c1cccc(OCc2cccc(F)c2)c1. The van der Waals surface area contributed by atoms with Crippen LogP contribution in [-0.4, -0.2) is 28.4 Å². The number of nitrogens with zero attached hydrogens (tertiary/aromatic N) is 1. The lowest BCUT2D eigenvalue weighted by molar-refractivity contribution is -0.137. The first-order chi connectivity index (χ1) is 14.0. The fraction of sp³-hybridized carbons (Fsp3) is 0.130. The van der Waals surface area contributed by atoms with E-state index in [1.165, 1.54) is 17.0 Å². The molecule has 6 heteroatoms. The third kappa shape index (κ3) is 5.90. The Morgan fingerprint density at radius 3 is 2.34 bits per heavy atom. The van der Waals surface area contributed by atoms with Crippen LogP contribution in [0.4, 0.5) is 4.39 Å². The number of carboxylic acids is 1. The molecule has 0 aliphatic carbocycles. The zero-order valence-electron chi connectivity index (χ0n) is 15.6. The van der Waals surface area contributed by atoms with Crippen molar-refractivity contribution in [2.75, 3.05) is 6.54 Å². The van der Waals surface area contributed by atoms with Gasteiger partial charge in [0.2, 0.25) is 0 Å². The number of halogens is 1. The van der Waals surface area contributed by atoms with Crippen molar-refractivity contribution in [1.82, 2.24) is 4.90 Å². The molecule has 0 saturated carbocycles. The third-order valence-corrected chi connectivity index (χ3v) is 4.21. The van der Waals surface area contributed by atoms with Crippen molar-refractivity contribution in [3.05, 3.63) is 101 Å². The van der Waals surface area contributed by atoms with Crippen LogP contribution < -0.4 is 4.74 Å². The summed E-state index contributed by atoms with van der Waals surface area (Å²) < 4.78 is 18.9. The molecule has 0 unspecified atom stereocenters. The normalized spacial score (nSPS) is 10.4. The molecule has 0 atom stereocenters. The van der Waals surface area contributed by atoms with Gasteiger partial charge >= 0.3 is 5.97 Å². The molecule has 29 heavy (non-hydrogen) atoms. The quantitative estimate of drug-likeness (QED) is 0.625. The van der Waals surface area contributed by atoms with Gasteiger partial charge in [-0.15, -0.1) is 0 Å². The van der Waals surface area contributed by atoms with E-state index in [0.717, 1.165) is 5.56 Å². The van der Waals surface area contributed by atoms with Gasteiger partial charge in [0.05, 0.1) is 0 Å². The zero-order chi connectivity index (χ0) is 20.6. The highest BCUT2D eigenvalue weighted by Crippen LogP contribution is 2.18. The monoisotopic (exact) mass is 393 g/mol. The second-order valence-corrected chi connectivity index (χ2v) is 6.49. The summed E-state index contributed by atoms with van der Waals surface area (Å²) >= 11 is 0. The van der Waals surface area contributed by atoms with E-state index in [1.807, 2.05) is 30.3 Å². The Morgan fingerprint density at radius 2 is 1.62 bits per heavy atom. The van der Waals surface area contributed by atoms with Crippen LogP contribution >= 0.6 is 0 Å². The van der Waals surface area contributed by atoms with E-state index in [2.05, 4.69) is 0 Å². The standard InChI is InChI=1S/C23H20FNO4/c24-20-10-4-8-18(12-20)16-29-21-11-5-9-19(13-21)23(28)25(15-22(26)27)14-17-6-2-1-3-7-17/h1-13H,14-16H2,(H,26,27). The molecule has 1 amide bonds. The maximum atomic E-state index is 13.3. The van der Waals surface area contributed by atoms with Gasteiger partial charge in [-0.1, -0.05) is 48.5 Å². The Hall–Kier alpha value is -3.67. The van der Waals surface area contributed by atoms with Gasteiger partial charge in [0.1, 0.15) is 24.7 Å². The topological polar surface area (TPSA) is 66.8 Å². The zero-order valence-corrected chi connectivity index (χ0v) is 15.6. The summed E-state index contributed by atoms with van der Waals surface area (Å²) in [6.07, 6.45) is 0. The average molecular weight is 393 g/mol. The van der Waals surface area contributed by atoms with Crippen LogP contribution in [0, 0.1) is 5.82 Å². The Morgan fingerprint density at radius 1 is 0.897 bits per heavy atom. The number of ether oxygens (including phenoxy) is 1. The van der Waals surface area contributed by atoms with Crippen molar-refractivity contribution in [3.63, 3.8) is 0 Å². The van der Waals surface area contributed by atoms with E-state index in [4.69, 9.17) is 4.74 Å². The molecule has 0 aliphatic rings. The van der Waals surface area contributed by atoms with Gasteiger partial charge in [-0.25, -0.2) is 4.39 Å². The lowest BCUT2D eigenvalue weighted by atomic mass is 10.1. The number of carbonyl (C=O) groups is 2. The molecular weight excluding hydrogens is 373 g/mol. The molecular formula is C23H20FNO4. The first kappa shape index (κ1) is 20.1. The molecule has 0 spiro atoms. The van der Waals surface area contributed by atoms with Crippen LogP contribution in [-0.2, 0) is 17.9 Å². The number of carbonyl (C=O) groups excluding carboxylic acids is 1. The Labute approximate surface area is 168 Å². The van der Waals surface area contributed by atoms with Crippen LogP contribution in [0.5, 0.6) is 5.75 Å². The highest BCUT2D eigenvalue weighted by Gasteiger charge is 2.19.